The third-order valence-corrected chi connectivity index (χ3v) is 1.89. The Hall–Kier alpha value is -1.32. The van der Waals surface area contributed by atoms with Crippen molar-refractivity contribution in [2.24, 2.45) is 0 Å². The van der Waals surface area contributed by atoms with Gasteiger partial charge in [0.25, 0.3) is 0 Å². The van der Waals surface area contributed by atoms with Gasteiger partial charge in [0.05, 0.1) is 12.2 Å². The van der Waals surface area contributed by atoms with Crippen LogP contribution in [0.1, 0.15) is 11.3 Å². The summed E-state index contributed by atoms with van der Waals surface area (Å²) in [7, 11) is 0. The van der Waals surface area contributed by atoms with Gasteiger partial charge in [0, 0.05) is 18.5 Å². The van der Waals surface area contributed by atoms with Crippen LogP contribution in [0.2, 0.25) is 0 Å². The van der Waals surface area contributed by atoms with Crippen molar-refractivity contribution in [1.29, 1.82) is 0 Å². The van der Waals surface area contributed by atoms with Crippen molar-refractivity contribution in [3.05, 3.63) is 17.5 Å². The highest BCUT2D eigenvalue weighted by molar-refractivity contribution is 5.48. The van der Waals surface area contributed by atoms with Crippen LogP contribution in [0.25, 0.3) is 0 Å². The van der Waals surface area contributed by atoms with E-state index in [2.05, 4.69) is 5.16 Å². The number of carbonyl (C=O) groups is 1. The van der Waals surface area contributed by atoms with Crippen molar-refractivity contribution in [1.82, 2.24) is 10.1 Å². The molecule has 0 saturated carbocycles. The Bertz CT molecular complexity index is 269. The van der Waals surface area contributed by atoms with Gasteiger partial charge in [-0.3, -0.25) is 4.79 Å². The predicted octanol–water partition coefficient (Wildman–Crippen LogP) is 0.189. The van der Waals surface area contributed by atoms with E-state index in [-0.39, 0.29) is 0 Å². The maximum atomic E-state index is 10.4. The molecular weight excluding hydrogens is 144 g/mol. The van der Waals surface area contributed by atoms with Crippen molar-refractivity contribution in [3.8, 4) is 0 Å². The molecule has 0 aromatic carbocycles. The van der Waals surface area contributed by atoms with E-state index >= 15 is 0 Å². The normalized spacial score (nSPS) is 16.2. The standard InChI is InChI=1S/C7H8N2O2/c10-5-9-2-1-7-6(3-9)4-11-8-7/h4-5H,1-3H2. The molecule has 0 atom stereocenters. The number of rotatable bonds is 1. The van der Waals surface area contributed by atoms with Crippen molar-refractivity contribution in [3.63, 3.8) is 0 Å². The SMILES string of the molecule is O=CN1CCc2nocc2C1. The second kappa shape index (κ2) is 2.38. The number of carbonyl (C=O) groups excluding carboxylic acids is 1. The molecule has 0 aliphatic carbocycles. The van der Waals surface area contributed by atoms with Gasteiger partial charge in [-0.15, -0.1) is 0 Å². The molecular formula is C7H8N2O2. The molecule has 11 heavy (non-hydrogen) atoms. The first-order chi connectivity index (χ1) is 5.40. The van der Waals surface area contributed by atoms with Gasteiger partial charge in [0.1, 0.15) is 6.26 Å². The van der Waals surface area contributed by atoms with E-state index in [4.69, 9.17) is 4.52 Å². The molecule has 0 bridgehead atoms. The van der Waals surface area contributed by atoms with Crippen molar-refractivity contribution >= 4 is 6.41 Å². The Morgan fingerprint density at radius 3 is 3.45 bits per heavy atom. The Morgan fingerprint density at radius 2 is 2.64 bits per heavy atom. The number of hydrogen-bond donors (Lipinski definition) is 0. The van der Waals surface area contributed by atoms with Crippen molar-refractivity contribution in [2.75, 3.05) is 6.54 Å². The molecule has 1 amide bonds. The molecule has 1 aliphatic heterocycles. The Kier molecular flexibility index (Phi) is 1.38. The summed E-state index contributed by atoms with van der Waals surface area (Å²) in [5, 5.41) is 3.81. The summed E-state index contributed by atoms with van der Waals surface area (Å²) in [6, 6.07) is 0. The molecule has 0 radical (unpaired) electrons. The molecule has 0 unspecified atom stereocenters. The minimum atomic E-state index is 0.641. The summed E-state index contributed by atoms with van der Waals surface area (Å²) in [6.07, 6.45) is 3.27. The average Bonchev–Trinajstić information content (AvgIpc) is 2.50. The van der Waals surface area contributed by atoms with Crippen molar-refractivity contribution < 1.29 is 9.32 Å². The van der Waals surface area contributed by atoms with Gasteiger partial charge in [-0.25, -0.2) is 0 Å². The van der Waals surface area contributed by atoms with Crippen LogP contribution < -0.4 is 0 Å². The number of hydrogen-bond acceptors (Lipinski definition) is 3. The number of fused-ring (bicyclic) bond motifs is 1. The molecule has 0 saturated heterocycles. The molecule has 1 aliphatic rings. The van der Waals surface area contributed by atoms with Gasteiger partial charge in [-0.05, 0) is 0 Å². The monoisotopic (exact) mass is 152 g/mol. The summed E-state index contributed by atoms with van der Waals surface area (Å²) in [6.45, 7) is 1.39. The lowest BCUT2D eigenvalue weighted by molar-refractivity contribution is -0.118. The van der Waals surface area contributed by atoms with Crippen LogP contribution in [0.5, 0.6) is 0 Å². The Balaban J connectivity index is 2.24. The first-order valence-electron chi connectivity index (χ1n) is 3.51. The van der Waals surface area contributed by atoms with Crippen LogP contribution in [0.4, 0.5) is 0 Å². The predicted molar refractivity (Wildman–Crippen MR) is 36.7 cm³/mol. The quantitative estimate of drug-likeness (QED) is 0.539. The fourth-order valence-electron chi connectivity index (χ4n) is 1.25. The maximum Gasteiger partial charge on any atom is 0.210 e. The average molecular weight is 152 g/mol. The second-order valence-electron chi connectivity index (χ2n) is 2.61. The number of amides is 1. The zero-order valence-corrected chi connectivity index (χ0v) is 5.99. The van der Waals surface area contributed by atoms with Crippen LogP contribution in [-0.2, 0) is 17.8 Å². The van der Waals surface area contributed by atoms with E-state index in [1.165, 1.54) is 0 Å². The van der Waals surface area contributed by atoms with Gasteiger partial charge in [-0.2, -0.15) is 0 Å². The van der Waals surface area contributed by atoms with Gasteiger partial charge >= 0.3 is 0 Å². The first-order valence-corrected chi connectivity index (χ1v) is 3.51. The van der Waals surface area contributed by atoms with Crippen LogP contribution in [0.3, 0.4) is 0 Å². The minimum Gasteiger partial charge on any atom is -0.364 e. The van der Waals surface area contributed by atoms with Gasteiger partial charge in [0.2, 0.25) is 6.41 Å². The lowest BCUT2D eigenvalue weighted by Gasteiger charge is -2.20. The highest BCUT2D eigenvalue weighted by Gasteiger charge is 2.17. The molecule has 2 rings (SSSR count). The zero-order chi connectivity index (χ0) is 7.68. The van der Waals surface area contributed by atoms with Crippen molar-refractivity contribution in [2.45, 2.75) is 13.0 Å². The molecule has 4 nitrogen and oxygen atoms in total. The molecule has 2 heterocycles. The third kappa shape index (κ3) is 1.00. The molecule has 1 aromatic heterocycles. The van der Waals surface area contributed by atoms with E-state index in [1.807, 2.05) is 0 Å². The van der Waals surface area contributed by atoms with Crippen LogP contribution in [0.15, 0.2) is 10.8 Å². The van der Waals surface area contributed by atoms with Crippen LogP contribution in [0, 0.1) is 0 Å². The second-order valence-corrected chi connectivity index (χ2v) is 2.61. The summed E-state index contributed by atoms with van der Waals surface area (Å²) in [4.78, 5) is 12.1. The number of nitrogens with zero attached hydrogens (tertiary/aromatic N) is 2. The minimum absolute atomic E-state index is 0.641. The summed E-state index contributed by atoms with van der Waals surface area (Å²) >= 11 is 0. The topological polar surface area (TPSA) is 46.3 Å². The fraction of sp³-hybridized carbons (Fsp3) is 0.429. The van der Waals surface area contributed by atoms with Gasteiger partial charge in [0.15, 0.2) is 0 Å². The molecule has 0 N–H and O–H groups in total. The third-order valence-electron chi connectivity index (χ3n) is 1.89. The highest BCUT2D eigenvalue weighted by Crippen LogP contribution is 2.15. The summed E-state index contributed by atoms with van der Waals surface area (Å²) in [5.74, 6) is 0. The van der Waals surface area contributed by atoms with Crippen LogP contribution in [-0.4, -0.2) is 23.0 Å². The summed E-state index contributed by atoms with van der Waals surface area (Å²) in [5.41, 5.74) is 2.02. The van der Waals surface area contributed by atoms with Gasteiger partial charge in [-0.1, -0.05) is 5.16 Å². The molecule has 0 spiro atoms. The summed E-state index contributed by atoms with van der Waals surface area (Å²) < 4.78 is 4.77. The lowest BCUT2D eigenvalue weighted by Crippen LogP contribution is -2.28. The first kappa shape index (κ1) is 6.39. The number of aromatic nitrogens is 1. The Labute approximate surface area is 63.8 Å². The van der Waals surface area contributed by atoms with E-state index in [9.17, 15) is 4.79 Å². The molecule has 58 valence electrons. The van der Waals surface area contributed by atoms with E-state index in [0.29, 0.717) is 6.54 Å². The molecule has 0 fully saturated rings. The van der Waals surface area contributed by atoms with Crippen LogP contribution >= 0.6 is 0 Å². The zero-order valence-electron chi connectivity index (χ0n) is 5.99. The largest absolute Gasteiger partial charge is 0.364 e. The van der Waals surface area contributed by atoms with E-state index in [1.54, 1.807) is 11.2 Å². The van der Waals surface area contributed by atoms with E-state index in [0.717, 1.165) is 30.6 Å². The molecule has 4 heteroatoms. The Morgan fingerprint density at radius 1 is 1.73 bits per heavy atom. The lowest BCUT2D eigenvalue weighted by atomic mass is 10.1. The van der Waals surface area contributed by atoms with E-state index < -0.39 is 0 Å². The van der Waals surface area contributed by atoms with Gasteiger partial charge < -0.3 is 9.42 Å². The maximum absolute atomic E-state index is 10.4. The molecule has 1 aromatic rings. The highest BCUT2D eigenvalue weighted by atomic mass is 16.5. The smallest absolute Gasteiger partial charge is 0.210 e. The fourth-order valence-corrected chi connectivity index (χ4v) is 1.25.